The Balaban J connectivity index is 2.00. The van der Waals surface area contributed by atoms with Gasteiger partial charge in [-0.3, -0.25) is 0 Å². The van der Waals surface area contributed by atoms with Crippen molar-refractivity contribution in [1.29, 1.82) is 0 Å². The van der Waals surface area contributed by atoms with Crippen LogP contribution >= 0.6 is 23.2 Å². The van der Waals surface area contributed by atoms with Crippen LogP contribution in [0.2, 0.25) is 5.02 Å². The predicted octanol–water partition coefficient (Wildman–Crippen LogP) is 4.41. The van der Waals surface area contributed by atoms with Gasteiger partial charge in [0.2, 0.25) is 0 Å². The van der Waals surface area contributed by atoms with Gasteiger partial charge in [-0.2, -0.15) is 0 Å². The van der Waals surface area contributed by atoms with Crippen LogP contribution in [-0.4, -0.2) is 5.88 Å². The van der Waals surface area contributed by atoms with E-state index < -0.39 is 0 Å². The summed E-state index contributed by atoms with van der Waals surface area (Å²) in [6.07, 6.45) is 0. The molecule has 94 valence electrons. The third-order valence-corrected chi connectivity index (χ3v) is 3.34. The van der Waals surface area contributed by atoms with Crippen LogP contribution in [0.1, 0.15) is 17.2 Å². The van der Waals surface area contributed by atoms with Gasteiger partial charge in [-0.05, 0) is 23.3 Å². The largest absolute Gasteiger partial charge is 0.305 e. The summed E-state index contributed by atoms with van der Waals surface area (Å²) in [5, 5.41) is 4.20. The summed E-state index contributed by atoms with van der Waals surface area (Å²) in [5.74, 6) is 0.546. The number of hydrogen-bond acceptors (Lipinski definition) is 1. The summed E-state index contributed by atoms with van der Waals surface area (Å²) in [6.45, 7) is 0.757. The average Bonchev–Trinajstić information content (AvgIpc) is 2.41. The molecule has 0 aliphatic rings. The molecule has 0 saturated carbocycles. The zero-order valence-electron chi connectivity index (χ0n) is 9.94. The standard InChI is InChI=1S/C15H15Cl2N/c16-10-15(13-6-2-1-3-7-13)18-11-12-5-4-8-14(17)9-12/h1-9,15,18H,10-11H2. The van der Waals surface area contributed by atoms with E-state index in [0.29, 0.717) is 5.88 Å². The first-order valence-electron chi connectivity index (χ1n) is 5.88. The van der Waals surface area contributed by atoms with E-state index in [1.807, 2.05) is 36.4 Å². The molecule has 1 nitrogen and oxygen atoms in total. The lowest BCUT2D eigenvalue weighted by Crippen LogP contribution is -2.22. The van der Waals surface area contributed by atoms with Crippen LogP contribution < -0.4 is 5.32 Å². The Morgan fingerprint density at radius 1 is 1.00 bits per heavy atom. The fourth-order valence-electron chi connectivity index (χ4n) is 1.83. The third-order valence-electron chi connectivity index (χ3n) is 2.80. The summed E-state index contributed by atoms with van der Waals surface area (Å²) in [4.78, 5) is 0. The normalized spacial score (nSPS) is 12.3. The number of hydrogen-bond donors (Lipinski definition) is 1. The van der Waals surface area contributed by atoms with Gasteiger partial charge in [0.1, 0.15) is 0 Å². The van der Waals surface area contributed by atoms with Gasteiger partial charge in [0.25, 0.3) is 0 Å². The van der Waals surface area contributed by atoms with Gasteiger partial charge in [-0.25, -0.2) is 0 Å². The van der Waals surface area contributed by atoms with Gasteiger partial charge in [-0.1, -0.05) is 54.1 Å². The average molecular weight is 280 g/mol. The van der Waals surface area contributed by atoms with Crippen molar-refractivity contribution in [3.63, 3.8) is 0 Å². The number of benzene rings is 2. The van der Waals surface area contributed by atoms with Crippen LogP contribution in [0.25, 0.3) is 0 Å². The SMILES string of the molecule is ClCC(NCc1cccc(Cl)c1)c1ccccc1. The van der Waals surface area contributed by atoms with Crippen molar-refractivity contribution >= 4 is 23.2 Å². The third kappa shape index (κ3) is 3.74. The first kappa shape index (κ1) is 13.4. The van der Waals surface area contributed by atoms with Crippen molar-refractivity contribution in [1.82, 2.24) is 5.32 Å². The first-order valence-corrected chi connectivity index (χ1v) is 6.79. The maximum Gasteiger partial charge on any atom is 0.0460 e. The van der Waals surface area contributed by atoms with Crippen LogP contribution in [0.5, 0.6) is 0 Å². The Labute approximate surface area is 118 Å². The van der Waals surface area contributed by atoms with Gasteiger partial charge in [0, 0.05) is 23.5 Å². The van der Waals surface area contributed by atoms with Crippen LogP contribution in [-0.2, 0) is 6.54 Å². The number of nitrogens with one attached hydrogen (secondary N) is 1. The molecule has 0 bridgehead atoms. The summed E-state index contributed by atoms with van der Waals surface area (Å²) >= 11 is 12.0. The van der Waals surface area contributed by atoms with Crippen molar-refractivity contribution in [3.8, 4) is 0 Å². The fourth-order valence-corrected chi connectivity index (χ4v) is 2.33. The van der Waals surface area contributed by atoms with Crippen molar-refractivity contribution in [2.75, 3.05) is 5.88 Å². The summed E-state index contributed by atoms with van der Waals surface area (Å²) in [6, 6.07) is 18.2. The molecule has 3 heteroatoms. The van der Waals surface area contributed by atoms with E-state index in [9.17, 15) is 0 Å². The highest BCUT2D eigenvalue weighted by molar-refractivity contribution is 6.30. The van der Waals surface area contributed by atoms with Crippen LogP contribution in [0.4, 0.5) is 0 Å². The van der Waals surface area contributed by atoms with E-state index >= 15 is 0 Å². The second-order valence-corrected chi connectivity index (χ2v) is 4.87. The van der Waals surface area contributed by atoms with Crippen LogP contribution in [0.3, 0.4) is 0 Å². The van der Waals surface area contributed by atoms with Crippen LogP contribution in [0.15, 0.2) is 54.6 Å². The van der Waals surface area contributed by atoms with Crippen molar-refractivity contribution < 1.29 is 0 Å². The van der Waals surface area contributed by atoms with Gasteiger partial charge < -0.3 is 5.32 Å². The summed E-state index contributed by atoms with van der Waals surface area (Å²) in [5.41, 5.74) is 2.36. The van der Waals surface area contributed by atoms with Gasteiger partial charge in [0.15, 0.2) is 0 Å². The summed E-state index contributed by atoms with van der Waals surface area (Å²) in [7, 11) is 0. The zero-order valence-corrected chi connectivity index (χ0v) is 11.5. The number of alkyl halides is 1. The van der Waals surface area contributed by atoms with E-state index in [-0.39, 0.29) is 6.04 Å². The monoisotopic (exact) mass is 279 g/mol. The highest BCUT2D eigenvalue weighted by Crippen LogP contribution is 2.16. The van der Waals surface area contributed by atoms with Gasteiger partial charge >= 0.3 is 0 Å². The molecular weight excluding hydrogens is 265 g/mol. The lowest BCUT2D eigenvalue weighted by Gasteiger charge is -2.16. The molecule has 0 radical (unpaired) electrons. The maximum absolute atomic E-state index is 6.01. The van der Waals surface area contributed by atoms with Crippen molar-refractivity contribution in [2.24, 2.45) is 0 Å². The highest BCUT2D eigenvalue weighted by atomic mass is 35.5. The molecule has 0 aliphatic carbocycles. The Morgan fingerprint density at radius 2 is 1.78 bits per heavy atom. The molecule has 0 aliphatic heterocycles. The Morgan fingerprint density at radius 3 is 2.44 bits per heavy atom. The van der Waals surface area contributed by atoms with E-state index in [4.69, 9.17) is 23.2 Å². The smallest absolute Gasteiger partial charge is 0.0460 e. The quantitative estimate of drug-likeness (QED) is 0.800. The Kier molecular flexibility index (Phi) is 5.06. The minimum Gasteiger partial charge on any atom is -0.305 e. The van der Waals surface area contributed by atoms with Crippen molar-refractivity contribution in [2.45, 2.75) is 12.6 Å². The van der Waals surface area contributed by atoms with Crippen LogP contribution in [0, 0.1) is 0 Å². The lowest BCUT2D eigenvalue weighted by atomic mass is 10.1. The lowest BCUT2D eigenvalue weighted by molar-refractivity contribution is 0.579. The second kappa shape index (κ2) is 6.79. The first-order chi connectivity index (χ1) is 8.79. The molecule has 0 saturated heterocycles. The molecule has 0 amide bonds. The molecule has 1 atom stereocenters. The molecule has 1 N–H and O–H groups in total. The molecule has 2 aromatic carbocycles. The van der Waals surface area contributed by atoms with Gasteiger partial charge in [-0.15, -0.1) is 11.6 Å². The highest BCUT2D eigenvalue weighted by Gasteiger charge is 2.08. The topological polar surface area (TPSA) is 12.0 Å². The molecule has 0 aromatic heterocycles. The molecule has 1 unspecified atom stereocenters. The summed E-state index contributed by atoms with van der Waals surface area (Å²) < 4.78 is 0. The molecule has 2 aromatic rings. The molecule has 0 spiro atoms. The maximum atomic E-state index is 6.01. The number of halogens is 2. The minimum absolute atomic E-state index is 0.159. The van der Waals surface area contributed by atoms with Crippen molar-refractivity contribution in [3.05, 3.63) is 70.7 Å². The van der Waals surface area contributed by atoms with E-state index in [2.05, 4.69) is 23.5 Å². The molecule has 0 fully saturated rings. The fraction of sp³-hybridized carbons (Fsp3) is 0.200. The molecule has 18 heavy (non-hydrogen) atoms. The zero-order chi connectivity index (χ0) is 12.8. The van der Waals surface area contributed by atoms with E-state index in [1.165, 1.54) is 5.56 Å². The minimum atomic E-state index is 0.159. The Hall–Kier alpha value is -1.02. The van der Waals surface area contributed by atoms with E-state index in [1.54, 1.807) is 0 Å². The molecule has 0 heterocycles. The predicted molar refractivity (Wildman–Crippen MR) is 78.2 cm³/mol. The molecular formula is C15H15Cl2N. The van der Waals surface area contributed by atoms with Gasteiger partial charge in [0.05, 0.1) is 0 Å². The number of rotatable bonds is 5. The van der Waals surface area contributed by atoms with E-state index in [0.717, 1.165) is 17.1 Å². The Bertz CT molecular complexity index is 485. The second-order valence-electron chi connectivity index (χ2n) is 4.13. The molecule has 2 rings (SSSR count).